The van der Waals surface area contributed by atoms with E-state index in [1.165, 1.54) is 0 Å². The number of nitrogens with two attached hydrogens (primary N) is 1. The quantitative estimate of drug-likeness (QED) is 0.709. The van der Waals surface area contributed by atoms with Gasteiger partial charge in [0.2, 0.25) is 5.95 Å². The highest BCUT2D eigenvalue weighted by Crippen LogP contribution is 2.15. The molecule has 1 unspecified atom stereocenters. The molecule has 4 heteroatoms. The molecule has 2 heterocycles. The molecule has 4 nitrogen and oxygen atoms in total. The molecule has 76 valence electrons. The van der Waals surface area contributed by atoms with Crippen molar-refractivity contribution in [1.29, 1.82) is 0 Å². The summed E-state index contributed by atoms with van der Waals surface area (Å²) in [6.45, 7) is 5.89. The highest BCUT2D eigenvalue weighted by Gasteiger charge is 2.21. The van der Waals surface area contributed by atoms with Gasteiger partial charge in [0.05, 0.1) is 0 Å². The number of hydrogen-bond acceptors (Lipinski definition) is 4. The van der Waals surface area contributed by atoms with Gasteiger partial charge >= 0.3 is 0 Å². The molecule has 1 aliphatic rings. The average Bonchev–Trinajstić information content (AvgIpc) is 2.57. The van der Waals surface area contributed by atoms with Gasteiger partial charge in [-0.2, -0.15) is 0 Å². The van der Waals surface area contributed by atoms with Gasteiger partial charge in [0.15, 0.2) is 0 Å². The topological polar surface area (TPSA) is 55.0 Å². The van der Waals surface area contributed by atoms with E-state index in [-0.39, 0.29) is 6.04 Å². The highest BCUT2D eigenvalue weighted by atomic mass is 15.3. The zero-order chi connectivity index (χ0) is 10.1. The number of aromatic nitrogens is 2. The average molecular weight is 192 g/mol. The first kappa shape index (κ1) is 9.40. The van der Waals surface area contributed by atoms with Gasteiger partial charge in [-0.25, -0.2) is 9.97 Å². The Kier molecular flexibility index (Phi) is 2.37. The Balaban J connectivity index is 2.20. The van der Waals surface area contributed by atoms with E-state index in [2.05, 4.69) is 14.9 Å². The van der Waals surface area contributed by atoms with Gasteiger partial charge in [-0.1, -0.05) is 0 Å². The molecule has 2 N–H and O–H groups in total. The van der Waals surface area contributed by atoms with Crippen molar-refractivity contribution in [2.45, 2.75) is 26.3 Å². The zero-order valence-electron chi connectivity index (χ0n) is 8.70. The van der Waals surface area contributed by atoms with Gasteiger partial charge in [0.25, 0.3) is 0 Å². The van der Waals surface area contributed by atoms with Crippen LogP contribution in [0.1, 0.15) is 17.7 Å². The number of aryl methyl sites for hydroxylation is 2. The minimum Gasteiger partial charge on any atom is -0.339 e. The number of nitrogens with zero attached hydrogens (tertiary/aromatic N) is 3. The number of rotatable bonds is 1. The van der Waals surface area contributed by atoms with Crippen molar-refractivity contribution in [3.63, 3.8) is 0 Å². The summed E-state index contributed by atoms with van der Waals surface area (Å²) in [5.41, 5.74) is 8.02. The van der Waals surface area contributed by atoms with Crippen LogP contribution in [0.4, 0.5) is 5.95 Å². The minimum absolute atomic E-state index is 0.278. The van der Waals surface area contributed by atoms with E-state index in [4.69, 9.17) is 5.73 Å². The molecular formula is C10H16N4. The van der Waals surface area contributed by atoms with E-state index in [9.17, 15) is 0 Å². The summed E-state index contributed by atoms with van der Waals surface area (Å²) in [7, 11) is 0. The lowest BCUT2D eigenvalue weighted by molar-refractivity contribution is 0.750. The molecule has 0 aliphatic carbocycles. The van der Waals surface area contributed by atoms with E-state index >= 15 is 0 Å². The van der Waals surface area contributed by atoms with Crippen LogP contribution in [0, 0.1) is 13.8 Å². The van der Waals surface area contributed by atoms with Gasteiger partial charge in [-0.15, -0.1) is 0 Å². The van der Waals surface area contributed by atoms with Gasteiger partial charge in [-0.05, 0) is 25.8 Å². The second-order valence-corrected chi connectivity index (χ2v) is 3.93. The Hall–Kier alpha value is -1.16. The van der Waals surface area contributed by atoms with E-state index in [0.717, 1.165) is 36.7 Å². The second kappa shape index (κ2) is 3.53. The van der Waals surface area contributed by atoms with Crippen LogP contribution >= 0.6 is 0 Å². The predicted molar refractivity (Wildman–Crippen MR) is 56.3 cm³/mol. The first-order valence-corrected chi connectivity index (χ1v) is 4.97. The van der Waals surface area contributed by atoms with Crippen LogP contribution in [0.25, 0.3) is 0 Å². The molecule has 0 spiro atoms. The van der Waals surface area contributed by atoms with Gasteiger partial charge in [0.1, 0.15) is 0 Å². The lowest BCUT2D eigenvalue weighted by Gasteiger charge is -2.15. The fourth-order valence-corrected chi connectivity index (χ4v) is 1.64. The summed E-state index contributed by atoms with van der Waals surface area (Å²) in [4.78, 5) is 10.9. The summed E-state index contributed by atoms with van der Waals surface area (Å²) < 4.78 is 0. The third-order valence-electron chi connectivity index (χ3n) is 2.72. The van der Waals surface area contributed by atoms with Crippen molar-refractivity contribution < 1.29 is 0 Å². The number of anilines is 1. The fraction of sp³-hybridized carbons (Fsp3) is 0.600. The van der Waals surface area contributed by atoms with E-state index in [1.54, 1.807) is 0 Å². The summed E-state index contributed by atoms with van der Waals surface area (Å²) in [6, 6.07) is 0.278. The van der Waals surface area contributed by atoms with Crippen molar-refractivity contribution in [3.05, 3.63) is 17.5 Å². The van der Waals surface area contributed by atoms with Crippen LogP contribution in [0.2, 0.25) is 0 Å². The van der Waals surface area contributed by atoms with Crippen LogP contribution in [0.5, 0.6) is 0 Å². The second-order valence-electron chi connectivity index (χ2n) is 3.93. The highest BCUT2D eigenvalue weighted by molar-refractivity contribution is 5.34. The van der Waals surface area contributed by atoms with Crippen LogP contribution in [-0.2, 0) is 0 Å². The smallest absolute Gasteiger partial charge is 0.225 e. The van der Waals surface area contributed by atoms with Crippen molar-refractivity contribution in [3.8, 4) is 0 Å². The maximum Gasteiger partial charge on any atom is 0.225 e. The Morgan fingerprint density at radius 1 is 1.50 bits per heavy atom. The summed E-state index contributed by atoms with van der Waals surface area (Å²) in [6.07, 6.45) is 2.91. The SMILES string of the molecule is Cc1cnc(N2CCC(N)C2)nc1C. The Morgan fingerprint density at radius 3 is 2.86 bits per heavy atom. The fourth-order valence-electron chi connectivity index (χ4n) is 1.64. The lowest BCUT2D eigenvalue weighted by Crippen LogP contribution is -2.27. The molecule has 1 aromatic rings. The normalized spacial score (nSPS) is 21.6. The molecule has 1 aliphatic heterocycles. The maximum atomic E-state index is 5.83. The summed E-state index contributed by atoms with van der Waals surface area (Å²) >= 11 is 0. The van der Waals surface area contributed by atoms with E-state index in [1.807, 2.05) is 20.0 Å². The molecule has 2 rings (SSSR count). The summed E-state index contributed by atoms with van der Waals surface area (Å²) in [5, 5.41) is 0. The molecule has 0 aromatic carbocycles. The first-order chi connectivity index (χ1) is 6.66. The third kappa shape index (κ3) is 1.70. The molecule has 1 fully saturated rings. The standard InChI is InChI=1S/C10H16N4/c1-7-5-12-10(13-8(7)2)14-4-3-9(11)6-14/h5,9H,3-4,6,11H2,1-2H3. The summed E-state index contributed by atoms with van der Waals surface area (Å²) in [5.74, 6) is 0.820. The Bertz CT molecular complexity index is 337. The first-order valence-electron chi connectivity index (χ1n) is 4.97. The lowest BCUT2D eigenvalue weighted by atomic mass is 10.3. The van der Waals surface area contributed by atoms with E-state index < -0.39 is 0 Å². The zero-order valence-corrected chi connectivity index (χ0v) is 8.70. The molecule has 0 saturated carbocycles. The Morgan fingerprint density at radius 2 is 2.29 bits per heavy atom. The van der Waals surface area contributed by atoms with Gasteiger partial charge < -0.3 is 10.6 Å². The third-order valence-corrected chi connectivity index (χ3v) is 2.72. The van der Waals surface area contributed by atoms with Gasteiger partial charge in [0, 0.05) is 31.0 Å². The number of hydrogen-bond donors (Lipinski definition) is 1. The van der Waals surface area contributed by atoms with E-state index in [0.29, 0.717) is 0 Å². The van der Waals surface area contributed by atoms with Crippen LogP contribution in [-0.4, -0.2) is 29.1 Å². The molecule has 0 bridgehead atoms. The predicted octanol–water partition coefficient (Wildman–Crippen LogP) is 0.631. The molecule has 0 amide bonds. The molecule has 14 heavy (non-hydrogen) atoms. The molecule has 1 aromatic heterocycles. The largest absolute Gasteiger partial charge is 0.339 e. The van der Waals surface area contributed by atoms with Gasteiger partial charge in [-0.3, -0.25) is 0 Å². The minimum atomic E-state index is 0.278. The maximum absolute atomic E-state index is 5.83. The van der Waals surface area contributed by atoms with Crippen LogP contribution in [0.3, 0.4) is 0 Å². The van der Waals surface area contributed by atoms with Crippen LogP contribution in [0.15, 0.2) is 6.20 Å². The Labute approximate surface area is 84.2 Å². The van der Waals surface area contributed by atoms with Crippen LogP contribution < -0.4 is 10.6 Å². The van der Waals surface area contributed by atoms with Crippen molar-refractivity contribution in [2.75, 3.05) is 18.0 Å². The molecular weight excluding hydrogens is 176 g/mol. The molecule has 0 radical (unpaired) electrons. The monoisotopic (exact) mass is 192 g/mol. The molecule has 1 atom stereocenters. The van der Waals surface area contributed by atoms with Crippen molar-refractivity contribution in [2.24, 2.45) is 5.73 Å². The van der Waals surface area contributed by atoms with Crippen molar-refractivity contribution in [1.82, 2.24) is 9.97 Å². The van der Waals surface area contributed by atoms with Crippen molar-refractivity contribution >= 4 is 5.95 Å². The molecule has 1 saturated heterocycles.